The first-order valence-electron chi connectivity index (χ1n) is 38.8. The quantitative estimate of drug-likeness (QED) is 0.0174. The maximum atomic E-state index is 14.9. The van der Waals surface area contributed by atoms with Gasteiger partial charge < -0.3 is 153 Å². The summed E-state index contributed by atoms with van der Waals surface area (Å²) in [5, 5.41) is 41.6. The largest absolute Gasteiger partial charge is 0.391 e. The van der Waals surface area contributed by atoms with Gasteiger partial charge in [-0.2, -0.15) is 0 Å². The van der Waals surface area contributed by atoms with Gasteiger partial charge in [0, 0.05) is 52.4 Å². The average molecular weight is 1640 g/mol. The van der Waals surface area contributed by atoms with Crippen molar-refractivity contribution >= 4 is 118 Å². The van der Waals surface area contributed by atoms with E-state index in [1.807, 2.05) is 0 Å². The minimum Gasteiger partial charge on any atom is -0.391 e. The number of aliphatic hydroxyl groups excluding tert-OH is 1. The van der Waals surface area contributed by atoms with Crippen molar-refractivity contribution in [1.82, 2.24) is 73.6 Å². The van der Waals surface area contributed by atoms with Crippen molar-refractivity contribution < 1.29 is 72.2 Å². The maximum absolute atomic E-state index is 14.9. The van der Waals surface area contributed by atoms with Crippen LogP contribution < -0.4 is 138 Å². The molecule has 3 aliphatic heterocycles. The number of hydrogen-bond acceptors (Lipinski definition) is 22. The lowest BCUT2D eigenvalue weighted by atomic mass is 9.97. The summed E-state index contributed by atoms with van der Waals surface area (Å²) in [6.07, 6.45) is -0.675. The van der Waals surface area contributed by atoms with Crippen LogP contribution >= 0.6 is 0 Å². The Morgan fingerprint density at radius 3 is 1.03 bits per heavy atom. The number of amides is 14. The molecule has 3 rings (SSSR count). The van der Waals surface area contributed by atoms with Gasteiger partial charge in [0.1, 0.15) is 66.5 Å². The Morgan fingerprint density at radius 2 is 0.655 bits per heavy atom. The van der Waals surface area contributed by atoms with E-state index < -0.39 is 181 Å². The molecule has 0 radical (unpaired) electrons. The minimum absolute atomic E-state index is 0.00558. The molecule has 3 fully saturated rings. The minimum atomic E-state index is -1.83. The smallest absolute Gasteiger partial charge is 0.246 e. The van der Waals surface area contributed by atoms with Gasteiger partial charge in [0.25, 0.3) is 0 Å². The molecule has 0 spiro atoms. The van der Waals surface area contributed by atoms with Crippen LogP contribution in [0, 0.1) is 5.92 Å². The molecular weight excluding hydrogens is 1520 g/mol. The van der Waals surface area contributed by atoms with E-state index in [1.54, 1.807) is 13.8 Å². The number of hydrogen-bond donors (Lipinski definition) is 26. The third-order valence-electron chi connectivity index (χ3n) is 18.9. The Kier molecular flexibility index (Phi) is 44.5. The topological polar surface area (TPSA) is 822 Å². The van der Waals surface area contributed by atoms with Crippen LogP contribution in [-0.2, 0) is 67.1 Å². The number of carbonyl (C=O) groups is 14. The highest BCUT2D eigenvalue weighted by Crippen LogP contribution is 2.27. The van der Waals surface area contributed by atoms with Gasteiger partial charge >= 0.3 is 0 Å². The molecule has 0 aromatic carbocycles. The molecule has 39 N–H and O–H groups in total. The third kappa shape index (κ3) is 36.9. The highest BCUT2D eigenvalue weighted by atomic mass is 16.3. The SMILES string of the molecule is CC[C@H](C)[C@@H]1NC(=O)[C@H](CCCN=C(N)N)NC(=O)[C@H](CCCN=C(N)N)NC(=O)[C@H](CCCCN)NC(=O)CNC(=O)[C@H](CCCN=C(N)N)NC(=O)[C@H]([C@@H](C)O)NC(=O)CNC(=O)[C@H](CCCN=C(N)N)NC(=O)[C@H](CCCN=C(N)N)NC(=O)[C@@H]2CCCN2C(=O)[C@H]2CCCN2C(=O)[C@H](CCCN=C(N)N)NC(=O)CNC1=O. The fraction of sp³-hybridized carbons (Fsp3) is 0.706. The molecule has 116 heavy (non-hydrogen) atoms. The summed E-state index contributed by atoms with van der Waals surface area (Å²) in [7, 11) is 0. The van der Waals surface area contributed by atoms with Gasteiger partial charge in [-0.15, -0.1) is 0 Å². The molecule has 48 heteroatoms. The van der Waals surface area contributed by atoms with Gasteiger partial charge in [0.05, 0.1) is 25.7 Å². The predicted molar refractivity (Wildman–Crippen MR) is 429 cm³/mol. The summed E-state index contributed by atoms with van der Waals surface area (Å²) < 4.78 is 0. The van der Waals surface area contributed by atoms with E-state index >= 15 is 0 Å². The molecular formula is C68H125N33O15. The lowest BCUT2D eigenvalue weighted by Crippen LogP contribution is -2.60. The molecule has 3 heterocycles. The molecule has 0 saturated carbocycles. The Bertz CT molecular complexity index is 3480. The highest BCUT2D eigenvalue weighted by molar-refractivity contribution is 6.00. The number of nitrogens with one attached hydrogen (secondary N) is 12. The molecule has 13 atom stereocenters. The predicted octanol–water partition coefficient (Wildman–Crippen LogP) is -12.4. The number of nitrogens with two attached hydrogens (primary N) is 13. The van der Waals surface area contributed by atoms with Crippen LogP contribution in [0.4, 0.5) is 0 Å². The van der Waals surface area contributed by atoms with E-state index in [0.717, 1.165) is 6.92 Å². The zero-order valence-corrected chi connectivity index (χ0v) is 66.4. The molecule has 0 aliphatic carbocycles. The summed E-state index contributed by atoms with van der Waals surface area (Å²) in [6, 6.07) is -15.9. The van der Waals surface area contributed by atoms with Gasteiger partial charge in [0.15, 0.2) is 35.8 Å². The van der Waals surface area contributed by atoms with Gasteiger partial charge in [-0.05, 0) is 141 Å². The average Bonchev–Trinajstić information content (AvgIpc) is 1.64. The Labute approximate surface area is 672 Å². The fourth-order valence-electron chi connectivity index (χ4n) is 12.6. The molecule has 14 amide bonds. The maximum Gasteiger partial charge on any atom is 0.246 e. The van der Waals surface area contributed by atoms with Crippen molar-refractivity contribution in [3.63, 3.8) is 0 Å². The first kappa shape index (κ1) is 98.3. The number of fused-ring (bicyclic) bond motifs is 2. The molecule has 652 valence electrons. The Balaban J connectivity index is 2.26. The second kappa shape index (κ2) is 52.5. The second-order valence-corrected chi connectivity index (χ2v) is 28.2. The summed E-state index contributed by atoms with van der Waals surface area (Å²) >= 11 is 0. The fourth-order valence-corrected chi connectivity index (χ4v) is 12.6. The van der Waals surface area contributed by atoms with Crippen LogP contribution in [0.25, 0.3) is 0 Å². The van der Waals surface area contributed by atoms with Crippen LogP contribution in [0.1, 0.15) is 149 Å². The van der Waals surface area contributed by atoms with Crippen molar-refractivity contribution in [1.29, 1.82) is 0 Å². The van der Waals surface area contributed by atoms with Gasteiger partial charge in [-0.1, -0.05) is 20.3 Å². The van der Waals surface area contributed by atoms with Crippen molar-refractivity contribution in [2.45, 2.75) is 222 Å². The van der Waals surface area contributed by atoms with E-state index in [9.17, 15) is 72.2 Å². The van der Waals surface area contributed by atoms with Crippen molar-refractivity contribution in [2.75, 3.05) is 78.5 Å². The van der Waals surface area contributed by atoms with Crippen molar-refractivity contribution in [3.8, 4) is 0 Å². The molecule has 48 nitrogen and oxygen atoms in total. The van der Waals surface area contributed by atoms with E-state index in [0.29, 0.717) is 19.3 Å². The van der Waals surface area contributed by atoms with Gasteiger partial charge in [0.2, 0.25) is 82.7 Å². The summed E-state index contributed by atoms with van der Waals surface area (Å²) in [4.78, 5) is 228. The lowest BCUT2D eigenvalue weighted by Gasteiger charge is -2.33. The zero-order chi connectivity index (χ0) is 86.6. The van der Waals surface area contributed by atoms with E-state index in [4.69, 9.17) is 74.5 Å². The number of aliphatic hydroxyl groups is 1. The van der Waals surface area contributed by atoms with E-state index in [-0.39, 0.29) is 204 Å². The van der Waals surface area contributed by atoms with Crippen LogP contribution in [0.2, 0.25) is 0 Å². The van der Waals surface area contributed by atoms with Gasteiger partial charge in [-0.25, -0.2) is 0 Å². The van der Waals surface area contributed by atoms with E-state index in [2.05, 4.69) is 93.8 Å². The number of carbonyl (C=O) groups excluding carboxylic acids is 14. The summed E-state index contributed by atoms with van der Waals surface area (Å²) in [6.45, 7) is 2.01. The van der Waals surface area contributed by atoms with Crippen LogP contribution in [-0.4, -0.2) is 284 Å². The number of unbranched alkanes of at least 4 members (excludes halogenated alkanes) is 1. The Hall–Kier alpha value is -11.9. The molecule has 0 aromatic heterocycles. The Morgan fingerprint density at radius 1 is 0.353 bits per heavy atom. The normalized spacial score (nSPS) is 24.0. The molecule has 0 aromatic rings. The number of rotatable bonds is 31. The first-order valence-corrected chi connectivity index (χ1v) is 38.8. The van der Waals surface area contributed by atoms with Gasteiger partial charge in [-0.3, -0.25) is 97.1 Å². The third-order valence-corrected chi connectivity index (χ3v) is 18.9. The molecule has 3 saturated heterocycles. The van der Waals surface area contributed by atoms with Crippen LogP contribution in [0.5, 0.6) is 0 Å². The monoisotopic (exact) mass is 1640 g/mol. The second-order valence-electron chi connectivity index (χ2n) is 28.2. The highest BCUT2D eigenvalue weighted by Gasteiger charge is 2.45. The van der Waals surface area contributed by atoms with E-state index in [1.165, 1.54) is 9.80 Å². The lowest BCUT2D eigenvalue weighted by molar-refractivity contribution is -0.148. The standard InChI is InChI=1S/C68H125N33O15/c1-4-36(2)50-59(113)90-34-48(104)92-44(21-12-30-87-68(80)81)61(115)101-32-14-23-46(101)62(116)100-31-13-22-45(100)58(112)96-42(19-10-28-85-66(76)77)56(110)93-38(16-7-25-82-63(70)71)52(106)89-35-49(105)98-51(37(3)102)60(114)97-39(17-8-26-83-64(72)73)53(107)88-33-47(103)91-40(15-5-6-24-69)54(108)94-41(18-9-27-84-65(74)75)55(109)95-43(57(111)99-50)20-11-29-86-67(78)79/h36-46,50-51,102H,4-35,69H2,1-3H3,(H,88,107)(H,89,106)(H,90,113)(H,91,103)(H,92,104)(H,93,110)(H,94,108)(H,95,109)(H,96,112)(H,97,114)(H,98,105)(H,99,111)(H4,70,71,82)(H4,72,73,83)(H4,74,75,84)(H4,76,77,85)(H4,78,79,86)(H4,80,81,87)/t36-,37+,38-,39-,40-,41-,42-,43-,44-,45-,46+,50-,51-/m0/s1. The van der Waals surface area contributed by atoms with Crippen LogP contribution in [0.3, 0.4) is 0 Å². The van der Waals surface area contributed by atoms with Crippen molar-refractivity contribution in [2.24, 2.45) is 110 Å². The summed E-state index contributed by atoms with van der Waals surface area (Å²) in [5.74, 6) is -15.0. The van der Waals surface area contributed by atoms with Crippen molar-refractivity contribution in [3.05, 3.63) is 0 Å². The first-order chi connectivity index (χ1) is 55.0. The number of nitrogens with zero attached hydrogens (tertiary/aromatic N) is 8. The molecule has 0 unspecified atom stereocenters. The number of aliphatic imine (C=N–C) groups is 6. The summed E-state index contributed by atoms with van der Waals surface area (Å²) in [5.41, 5.74) is 72.8. The molecule has 0 bridgehead atoms. The zero-order valence-electron chi connectivity index (χ0n) is 66.4. The number of guanidine groups is 6. The molecule has 3 aliphatic rings. The van der Waals surface area contributed by atoms with Crippen LogP contribution in [0.15, 0.2) is 30.0 Å².